The van der Waals surface area contributed by atoms with Gasteiger partial charge in [0.25, 0.3) is 5.92 Å². The molecule has 3 aliphatic rings. The minimum atomic E-state index is -4.07. The third kappa shape index (κ3) is 5.73. The number of carboxylic acids is 1. The molecule has 1 saturated carbocycles. The number of piperazine rings is 1. The lowest BCUT2D eigenvalue weighted by molar-refractivity contribution is -0.149. The second-order valence-corrected chi connectivity index (χ2v) is 13.9. The van der Waals surface area contributed by atoms with Crippen molar-refractivity contribution >= 4 is 39.0 Å². The zero-order valence-electron chi connectivity index (χ0n) is 21.3. The first-order valence-corrected chi connectivity index (χ1v) is 14.5. The number of alkyl halides is 2. The molecule has 3 fully saturated rings. The summed E-state index contributed by atoms with van der Waals surface area (Å²) in [6.45, 7) is 8.79. The molecule has 3 atom stereocenters. The first-order chi connectivity index (χ1) is 17.1. The van der Waals surface area contributed by atoms with Gasteiger partial charge in [0.05, 0.1) is 33.5 Å². The van der Waals surface area contributed by atoms with Gasteiger partial charge in [-0.1, -0.05) is 11.6 Å². The minimum Gasteiger partial charge on any atom is -0.481 e. The molecule has 0 spiro atoms. The van der Waals surface area contributed by atoms with Crippen molar-refractivity contribution in [1.82, 2.24) is 9.80 Å². The number of likely N-dealkylation sites (tertiary alicyclic amines) is 1. The Labute approximate surface area is 221 Å². The van der Waals surface area contributed by atoms with Crippen LogP contribution in [0.25, 0.3) is 0 Å². The van der Waals surface area contributed by atoms with Crippen molar-refractivity contribution in [2.24, 2.45) is 11.8 Å². The van der Waals surface area contributed by atoms with E-state index in [9.17, 15) is 31.9 Å². The van der Waals surface area contributed by atoms with Gasteiger partial charge in [-0.15, -0.1) is 0 Å². The molecule has 4 rings (SSSR count). The van der Waals surface area contributed by atoms with Gasteiger partial charge in [0, 0.05) is 50.4 Å². The molecule has 37 heavy (non-hydrogen) atoms. The van der Waals surface area contributed by atoms with Gasteiger partial charge in [0.15, 0.2) is 9.84 Å². The number of hydrogen-bond donors (Lipinski definition) is 1. The second kappa shape index (κ2) is 9.96. The molecule has 206 valence electrons. The smallest absolute Gasteiger partial charge is 0.307 e. The van der Waals surface area contributed by atoms with Crippen LogP contribution in [0.2, 0.25) is 5.02 Å². The van der Waals surface area contributed by atoms with Gasteiger partial charge in [0.2, 0.25) is 5.91 Å². The Kier molecular flexibility index (Phi) is 7.55. The third-order valence-electron chi connectivity index (χ3n) is 7.89. The van der Waals surface area contributed by atoms with Gasteiger partial charge in [-0.2, -0.15) is 0 Å². The molecular weight excluding hydrogens is 528 g/mol. The number of halogens is 3. The molecule has 2 saturated heterocycles. The van der Waals surface area contributed by atoms with Crippen molar-refractivity contribution in [3.63, 3.8) is 0 Å². The van der Waals surface area contributed by atoms with E-state index in [1.54, 1.807) is 12.1 Å². The van der Waals surface area contributed by atoms with E-state index in [1.807, 2.05) is 0 Å². The molecule has 0 unspecified atom stereocenters. The largest absolute Gasteiger partial charge is 0.481 e. The Bertz CT molecular complexity index is 1170. The van der Waals surface area contributed by atoms with Gasteiger partial charge in [-0.3, -0.25) is 14.5 Å². The molecule has 0 radical (unpaired) electrons. The van der Waals surface area contributed by atoms with Gasteiger partial charge < -0.3 is 14.9 Å². The number of carbonyl (C=O) groups is 2. The van der Waals surface area contributed by atoms with E-state index in [0.29, 0.717) is 0 Å². The van der Waals surface area contributed by atoms with Gasteiger partial charge in [-0.25, -0.2) is 17.2 Å². The van der Waals surface area contributed by atoms with E-state index < -0.39 is 57.7 Å². The predicted molar refractivity (Wildman–Crippen MR) is 136 cm³/mol. The van der Waals surface area contributed by atoms with Gasteiger partial charge >= 0.3 is 5.97 Å². The Morgan fingerprint density at radius 3 is 2.19 bits per heavy atom. The van der Waals surface area contributed by atoms with Crippen LogP contribution in [0.15, 0.2) is 23.1 Å². The lowest BCUT2D eigenvalue weighted by Gasteiger charge is -2.43. The highest BCUT2D eigenvalue weighted by atomic mass is 35.5. The zero-order chi connectivity index (χ0) is 27.3. The van der Waals surface area contributed by atoms with Crippen molar-refractivity contribution in [2.75, 3.05) is 44.2 Å². The molecule has 0 bridgehead atoms. The van der Waals surface area contributed by atoms with Crippen LogP contribution >= 0.6 is 11.6 Å². The molecule has 1 amide bonds. The molecule has 1 N–H and O–H groups in total. The van der Waals surface area contributed by atoms with Crippen molar-refractivity contribution in [1.29, 1.82) is 0 Å². The average Bonchev–Trinajstić information content (AvgIpc) is 3.42. The van der Waals surface area contributed by atoms with Crippen molar-refractivity contribution < 1.29 is 31.9 Å². The third-order valence-corrected chi connectivity index (χ3v) is 10.5. The van der Waals surface area contributed by atoms with E-state index in [4.69, 9.17) is 11.6 Å². The molecule has 1 aliphatic carbocycles. The van der Waals surface area contributed by atoms with Gasteiger partial charge in [0.1, 0.15) is 0 Å². The summed E-state index contributed by atoms with van der Waals surface area (Å²) < 4.78 is 54.3. The van der Waals surface area contributed by atoms with Crippen LogP contribution in [0, 0.1) is 11.8 Å². The van der Waals surface area contributed by atoms with E-state index in [0.717, 1.165) is 36.8 Å². The van der Waals surface area contributed by atoms with E-state index in [-0.39, 0.29) is 34.8 Å². The summed E-state index contributed by atoms with van der Waals surface area (Å²) in [5.74, 6) is -7.49. The van der Waals surface area contributed by atoms with Crippen LogP contribution in [0.3, 0.4) is 0 Å². The van der Waals surface area contributed by atoms with Crippen LogP contribution in [0.4, 0.5) is 14.5 Å². The number of carbonyl (C=O) groups excluding carboxylic acids is 1. The Hall–Kier alpha value is -1.98. The fourth-order valence-corrected chi connectivity index (χ4v) is 8.05. The number of benzene rings is 1. The number of sulfone groups is 1. The topological polar surface area (TPSA) is 98.2 Å². The van der Waals surface area contributed by atoms with E-state index in [2.05, 4.69) is 30.6 Å². The highest BCUT2D eigenvalue weighted by Gasteiger charge is 2.51. The van der Waals surface area contributed by atoms with Crippen LogP contribution < -0.4 is 4.90 Å². The van der Waals surface area contributed by atoms with Crippen LogP contribution in [0.5, 0.6) is 0 Å². The summed E-state index contributed by atoms with van der Waals surface area (Å²) in [6.07, 6.45) is -1.00. The minimum absolute atomic E-state index is 0.0385. The number of aliphatic carboxylic acids is 1. The Morgan fingerprint density at radius 2 is 1.68 bits per heavy atom. The van der Waals surface area contributed by atoms with Crippen molar-refractivity contribution in [3.05, 3.63) is 23.2 Å². The molecule has 2 heterocycles. The summed E-state index contributed by atoms with van der Waals surface area (Å²) >= 11 is 6.45. The van der Waals surface area contributed by atoms with Crippen molar-refractivity contribution in [3.8, 4) is 0 Å². The lowest BCUT2D eigenvalue weighted by Crippen LogP contribution is -2.53. The summed E-state index contributed by atoms with van der Waals surface area (Å²) in [4.78, 5) is 30.2. The summed E-state index contributed by atoms with van der Waals surface area (Å²) in [5.41, 5.74) is 0.862. The highest BCUT2D eigenvalue weighted by Crippen LogP contribution is 2.42. The number of anilines is 1. The Balaban J connectivity index is 1.50. The molecule has 8 nitrogen and oxygen atoms in total. The highest BCUT2D eigenvalue weighted by molar-refractivity contribution is 7.92. The fraction of sp³-hybridized carbons (Fsp3) is 0.680. The molecule has 1 aromatic rings. The number of amides is 1. The second-order valence-electron chi connectivity index (χ2n) is 11.3. The van der Waals surface area contributed by atoms with Crippen LogP contribution in [-0.4, -0.2) is 91.2 Å². The monoisotopic (exact) mass is 561 g/mol. The van der Waals surface area contributed by atoms with E-state index in [1.165, 1.54) is 6.07 Å². The molecular formula is C25H34ClF2N3O5S. The first kappa shape index (κ1) is 28.0. The normalized spacial score (nSPS) is 27.0. The average molecular weight is 562 g/mol. The summed E-state index contributed by atoms with van der Waals surface area (Å²) in [6, 6.07) is 4.75. The molecule has 0 aromatic heterocycles. The van der Waals surface area contributed by atoms with Crippen LogP contribution in [0.1, 0.15) is 40.0 Å². The number of nitrogens with zero attached hydrogens (tertiary/aromatic N) is 3. The standard InChI is InChI=1S/C25H34ClF2N3O5S/c1-24(2,3)31-10-8-29(9-11-31)16-4-5-21(20(26)12-16)37(35,36)17-13-18(19(14-17)23(33)34)22(32)30-7-6-25(27,28)15-30/h4-5,12,17-19H,6-11,13-15H2,1-3H3,(H,33,34)/t17-,18-,19-/m1/s1. The van der Waals surface area contributed by atoms with Crippen molar-refractivity contribution in [2.45, 2.75) is 61.6 Å². The van der Waals surface area contributed by atoms with Gasteiger partial charge in [-0.05, 0) is 51.8 Å². The molecule has 2 aliphatic heterocycles. The summed E-state index contributed by atoms with van der Waals surface area (Å²) in [7, 11) is -4.07. The number of hydrogen-bond acceptors (Lipinski definition) is 6. The Morgan fingerprint density at radius 1 is 1.05 bits per heavy atom. The van der Waals surface area contributed by atoms with E-state index >= 15 is 0 Å². The maximum atomic E-state index is 13.6. The summed E-state index contributed by atoms with van der Waals surface area (Å²) in [5, 5.41) is 8.58. The first-order valence-electron chi connectivity index (χ1n) is 12.5. The molecule has 12 heteroatoms. The number of carboxylic acid groups (broad SMARTS) is 1. The van der Waals surface area contributed by atoms with Crippen LogP contribution in [-0.2, 0) is 19.4 Å². The molecule has 1 aromatic carbocycles. The maximum absolute atomic E-state index is 13.6. The SMILES string of the molecule is CC(C)(C)N1CCN(c2ccc(S(=O)(=O)[C@H]3C[C@@H](C(=O)O)[C@H](C(=O)N4CCC(F)(F)C4)C3)c(Cl)c2)CC1. The predicted octanol–water partition coefficient (Wildman–Crippen LogP) is 3.38. The maximum Gasteiger partial charge on any atom is 0.307 e. The quantitative estimate of drug-likeness (QED) is 0.588. The lowest BCUT2D eigenvalue weighted by atomic mass is 9.95. The zero-order valence-corrected chi connectivity index (χ0v) is 22.9. The number of rotatable bonds is 5. The fourth-order valence-electron chi connectivity index (χ4n) is 5.68.